The minimum Gasteiger partial charge on any atom is -0.392 e. The zero-order valence-corrected chi connectivity index (χ0v) is 10.9. The molecule has 74 valence electrons. The highest BCUT2D eigenvalue weighted by molar-refractivity contribution is 14.1. The second kappa shape index (κ2) is 4.16. The van der Waals surface area contributed by atoms with E-state index in [1.165, 1.54) is 19.2 Å². The van der Waals surface area contributed by atoms with Gasteiger partial charge in [0.1, 0.15) is 0 Å². The van der Waals surface area contributed by atoms with Crippen LogP contribution in [0.2, 0.25) is 0 Å². The lowest BCUT2D eigenvalue weighted by Crippen LogP contribution is -1.86. The van der Waals surface area contributed by atoms with E-state index >= 15 is 0 Å². The van der Waals surface area contributed by atoms with Gasteiger partial charge in [-0.05, 0) is 63.0 Å². The Morgan fingerprint density at radius 2 is 2.14 bits per heavy atom. The van der Waals surface area contributed by atoms with Crippen molar-refractivity contribution in [3.63, 3.8) is 0 Å². The Hall–Kier alpha value is -0.130. The molecular weight excluding hydrogens is 307 g/mol. The summed E-state index contributed by atoms with van der Waals surface area (Å²) in [5.74, 6) is 0. The van der Waals surface area contributed by atoms with Gasteiger partial charge in [0.15, 0.2) is 0 Å². The highest BCUT2D eigenvalue weighted by atomic mass is 127. The number of fused-ring (bicyclic) bond motifs is 1. The molecule has 2 rings (SSSR count). The second-order valence-electron chi connectivity index (χ2n) is 3.21. The standard InChI is InChI=1S/C11H11IOS/c1-2-7-6-14-11-8(5-13)3-9(12)4-10(7)11/h3-4,6,13H,2,5H2,1H3. The van der Waals surface area contributed by atoms with Crippen molar-refractivity contribution in [1.29, 1.82) is 0 Å². The zero-order valence-electron chi connectivity index (χ0n) is 7.88. The summed E-state index contributed by atoms with van der Waals surface area (Å²) in [6.45, 7) is 2.30. The third-order valence-corrected chi connectivity index (χ3v) is 4.09. The molecule has 0 bridgehead atoms. The van der Waals surface area contributed by atoms with Gasteiger partial charge in [0.2, 0.25) is 0 Å². The lowest BCUT2D eigenvalue weighted by Gasteiger charge is -2.01. The molecule has 0 aliphatic rings. The van der Waals surface area contributed by atoms with Gasteiger partial charge in [-0.3, -0.25) is 0 Å². The average Bonchev–Trinajstić information content (AvgIpc) is 2.59. The van der Waals surface area contributed by atoms with Crippen LogP contribution in [0.5, 0.6) is 0 Å². The number of aliphatic hydroxyl groups excluding tert-OH is 1. The first-order chi connectivity index (χ1) is 6.76. The third-order valence-electron chi connectivity index (χ3n) is 2.35. The Morgan fingerprint density at radius 3 is 2.79 bits per heavy atom. The van der Waals surface area contributed by atoms with Crippen molar-refractivity contribution in [2.45, 2.75) is 20.0 Å². The van der Waals surface area contributed by atoms with E-state index in [0.717, 1.165) is 12.0 Å². The van der Waals surface area contributed by atoms with Crippen LogP contribution >= 0.6 is 33.9 Å². The molecule has 0 amide bonds. The first-order valence-electron chi connectivity index (χ1n) is 4.55. The largest absolute Gasteiger partial charge is 0.392 e. The van der Waals surface area contributed by atoms with Crippen LogP contribution in [0.1, 0.15) is 18.1 Å². The van der Waals surface area contributed by atoms with Crippen LogP contribution in [0.25, 0.3) is 10.1 Å². The van der Waals surface area contributed by atoms with Gasteiger partial charge in [-0.25, -0.2) is 0 Å². The van der Waals surface area contributed by atoms with Crippen molar-refractivity contribution in [3.05, 3.63) is 32.2 Å². The summed E-state index contributed by atoms with van der Waals surface area (Å²) >= 11 is 4.04. The molecule has 1 heterocycles. The number of hydrogen-bond acceptors (Lipinski definition) is 2. The Labute approximate surface area is 101 Å². The van der Waals surface area contributed by atoms with E-state index in [1.54, 1.807) is 11.3 Å². The van der Waals surface area contributed by atoms with Gasteiger partial charge in [-0.2, -0.15) is 0 Å². The molecule has 0 saturated carbocycles. The molecule has 1 N–H and O–H groups in total. The third kappa shape index (κ3) is 1.68. The summed E-state index contributed by atoms with van der Waals surface area (Å²) in [6, 6.07) is 4.25. The van der Waals surface area contributed by atoms with E-state index in [2.05, 4.69) is 47.0 Å². The Kier molecular flexibility index (Phi) is 3.09. The van der Waals surface area contributed by atoms with Gasteiger partial charge in [-0.15, -0.1) is 11.3 Å². The van der Waals surface area contributed by atoms with E-state index in [4.69, 9.17) is 0 Å². The summed E-state index contributed by atoms with van der Waals surface area (Å²) in [7, 11) is 0. The van der Waals surface area contributed by atoms with Crippen LogP contribution < -0.4 is 0 Å². The van der Waals surface area contributed by atoms with Crippen molar-refractivity contribution in [3.8, 4) is 0 Å². The first-order valence-corrected chi connectivity index (χ1v) is 6.51. The lowest BCUT2D eigenvalue weighted by atomic mass is 10.1. The zero-order chi connectivity index (χ0) is 10.1. The number of aliphatic hydroxyl groups is 1. The van der Waals surface area contributed by atoms with E-state index in [-0.39, 0.29) is 6.61 Å². The Balaban J connectivity index is 2.76. The first kappa shape index (κ1) is 10.4. The number of benzene rings is 1. The summed E-state index contributed by atoms with van der Waals surface area (Å²) in [5, 5.41) is 12.8. The average molecular weight is 318 g/mol. The van der Waals surface area contributed by atoms with E-state index in [9.17, 15) is 5.11 Å². The maximum Gasteiger partial charge on any atom is 0.0696 e. The van der Waals surface area contributed by atoms with E-state index in [0.29, 0.717) is 0 Å². The van der Waals surface area contributed by atoms with Gasteiger partial charge in [0, 0.05) is 8.27 Å². The van der Waals surface area contributed by atoms with Crippen LogP contribution in [0, 0.1) is 3.57 Å². The van der Waals surface area contributed by atoms with Crippen molar-refractivity contribution in [2.75, 3.05) is 0 Å². The minimum absolute atomic E-state index is 0.136. The second-order valence-corrected chi connectivity index (χ2v) is 5.34. The lowest BCUT2D eigenvalue weighted by molar-refractivity contribution is 0.283. The molecule has 1 aromatic heterocycles. The van der Waals surface area contributed by atoms with Gasteiger partial charge in [0.05, 0.1) is 6.61 Å². The molecule has 0 radical (unpaired) electrons. The van der Waals surface area contributed by atoms with Crippen LogP contribution in [0.3, 0.4) is 0 Å². The number of thiophene rings is 1. The monoisotopic (exact) mass is 318 g/mol. The minimum atomic E-state index is 0.136. The van der Waals surface area contributed by atoms with Crippen LogP contribution in [0.15, 0.2) is 17.5 Å². The summed E-state index contributed by atoms with van der Waals surface area (Å²) < 4.78 is 2.44. The fraction of sp³-hybridized carbons (Fsp3) is 0.273. The SMILES string of the molecule is CCc1csc2c(CO)cc(I)cc12. The number of hydrogen-bond donors (Lipinski definition) is 1. The van der Waals surface area contributed by atoms with Crippen molar-refractivity contribution in [1.82, 2.24) is 0 Å². The van der Waals surface area contributed by atoms with Gasteiger partial charge >= 0.3 is 0 Å². The number of aryl methyl sites for hydroxylation is 1. The summed E-state index contributed by atoms with van der Waals surface area (Å²) in [5.41, 5.74) is 2.44. The fourth-order valence-electron chi connectivity index (χ4n) is 1.61. The highest BCUT2D eigenvalue weighted by Crippen LogP contribution is 2.31. The maximum absolute atomic E-state index is 9.25. The van der Waals surface area contributed by atoms with Gasteiger partial charge in [0.25, 0.3) is 0 Å². The van der Waals surface area contributed by atoms with Crippen molar-refractivity contribution in [2.24, 2.45) is 0 Å². The quantitative estimate of drug-likeness (QED) is 0.840. The van der Waals surface area contributed by atoms with Crippen LogP contribution in [-0.4, -0.2) is 5.11 Å². The van der Waals surface area contributed by atoms with Crippen molar-refractivity contribution < 1.29 is 5.11 Å². The predicted molar refractivity (Wildman–Crippen MR) is 69.8 cm³/mol. The topological polar surface area (TPSA) is 20.2 Å². The molecule has 0 fully saturated rings. The summed E-state index contributed by atoms with van der Waals surface area (Å²) in [6.07, 6.45) is 1.06. The Bertz CT molecular complexity index is 462. The molecule has 14 heavy (non-hydrogen) atoms. The smallest absolute Gasteiger partial charge is 0.0696 e. The molecule has 0 aliphatic carbocycles. The normalized spacial score (nSPS) is 11.1. The van der Waals surface area contributed by atoms with Crippen LogP contribution in [0.4, 0.5) is 0 Å². The predicted octanol–water partition coefficient (Wildman–Crippen LogP) is 3.56. The highest BCUT2D eigenvalue weighted by Gasteiger charge is 2.07. The molecule has 2 aromatic rings. The number of halogens is 1. The van der Waals surface area contributed by atoms with E-state index in [1.807, 2.05) is 0 Å². The molecule has 0 saturated heterocycles. The fourth-order valence-corrected chi connectivity index (χ4v) is 3.45. The number of rotatable bonds is 2. The summed E-state index contributed by atoms with van der Waals surface area (Å²) in [4.78, 5) is 0. The molecule has 0 unspecified atom stereocenters. The van der Waals surface area contributed by atoms with Gasteiger partial charge in [-0.1, -0.05) is 6.92 Å². The molecule has 0 aliphatic heterocycles. The molecule has 3 heteroatoms. The molecule has 1 aromatic carbocycles. The van der Waals surface area contributed by atoms with Gasteiger partial charge < -0.3 is 5.11 Å². The molecular formula is C11H11IOS. The molecule has 0 spiro atoms. The maximum atomic E-state index is 9.25. The van der Waals surface area contributed by atoms with Crippen LogP contribution in [-0.2, 0) is 13.0 Å². The van der Waals surface area contributed by atoms with E-state index < -0.39 is 0 Å². The Morgan fingerprint density at radius 1 is 1.36 bits per heavy atom. The molecule has 1 nitrogen and oxygen atoms in total. The van der Waals surface area contributed by atoms with Crippen molar-refractivity contribution >= 4 is 44.0 Å². The molecule has 0 atom stereocenters.